The third-order valence-corrected chi connectivity index (χ3v) is 13.8. The number of hydrogen-bond donors (Lipinski definition) is 1. The van der Waals surface area contributed by atoms with Crippen LogP contribution in [0.3, 0.4) is 0 Å². The molecule has 1 N–H and O–H groups in total. The zero-order valence-electron chi connectivity index (χ0n) is 29.0. The van der Waals surface area contributed by atoms with Gasteiger partial charge in [0.15, 0.2) is 14.4 Å². The zero-order chi connectivity index (χ0) is 35.2. The number of β-amino-alcohol motifs (C(OH)–C–C–N with tert-alkyl or cyclic N) is 1. The molecule has 1 unspecified atom stereocenters. The number of halogens is 2. The first-order chi connectivity index (χ1) is 22.3. The Morgan fingerprint density at radius 3 is 2.54 bits per heavy atom. The minimum absolute atomic E-state index is 0.0427. The van der Waals surface area contributed by atoms with Crippen molar-refractivity contribution in [2.24, 2.45) is 0 Å². The maximum Gasteiger partial charge on any atom is 0.410 e. The molecule has 0 radical (unpaired) electrons. The number of ether oxygens (including phenoxy) is 2. The molecule has 1 saturated heterocycles. The molecule has 15 heteroatoms. The normalized spacial score (nSPS) is 18.3. The largest absolute Gasteiger partial charge is 0.479 e. The maximum atomic E-state index is 13.9. The van der Waals surface area contributed by atoms with Gasteiger partial charge in [-0.05, 0) is 70.4 Å². The fourth-order valence-corrected chi connectivity index (χ4v) is 6.52. The van der Waals surface area contributed by atoms with Gasteiger partial charge in [-0.25, -0.2) is 18.4 Å². The number of nitrogens with zero attached hydrogens (tertiary/aromatic N) is 7. The molecule has 0 saturated carbocycles. The highest BCUT2D eigenvalue weighted by molar-refractivity contribution is 6.74. The maximum absolute atomic E-state index is 13.9. The molecule has 0 bridgehead atoms. The van der Waals surface area contributed by atoms with Gasteiger partial charge >= 0.3 is 6.09 Å². The smallest absolute Gasteiger partial charge is 0.410 e. The summed E-state index contributed by atoms with van der Waals surface area (Å²) >= 11 is 6.61. The molecule has 12 nitrogen and oxygen atoms in total. The van der Waals surface area contributed by atoms with Gasteiger partial charge in [0.25, 0.3) is 0 Å². The number of aliphatic hydroxyl groups is 1. The topological polar surface area (TPSA) is 129 Å². The van der Waals surface area contributed by atoms with Crippen molar-refractivity contribution in [3.05, 3.63) is 59.0 Å². The Kier molecular flexibility index (Phi) is 9.95. The summed E-state index contributed by atoms with van der Waals surface area (Å²) < 4.78 is 35.9. The average Bonchev–Trinajstić information content (AvgIpc) is 3.56. The number of hydrogen-bond acceptors (Lipinski definition) is 9. The highest BCUT2D eigenvalue weighted by Gasteiger charge is 2.39. The van der Waals surface area contributed by atoms with Gasteiger partial charge in [-0.1, -0.05) is 37.6 Å². The van der Waals surface area contributed by atoms with Crippen LogP contribution in [0.5, 0.6) is 5.75 Å². The van der Waals surface area contributed by atoms with Crippen LogP contribution in [-0.4, -0.2) is 85.4 Å². The Hall–Kier alpha value is -3.59. The van der Waals surface area contributed by atoms with E-state index in [0.29, 0.717) is 51.9 Å². The van der Waals surface area contributed by atoms with E-state index in [0.717, 1.165) is 6.20 Å². The lowest BCUT2D eigenvalue weighted by molar-refractivity contribution is -0.0123. The molecule has 0 aliphatic carbocycles. The van der Waals surface area contributed by atoms with Crippen LogP contribution in [0, 0.1) is 12.7 Å². The van der Waals surface area contributed by atoms with Crippen LogP contribution in [0.4, 0.5) is 9.18 Å². The van der Waals surface area contributed by atoms with Crippen molar-refractivity contribution in [2.45, 2.75) is 96.9 Å². The highest BCUT2D eigenvalue weighted by Crippen LogP contribution is 2.39. The Morgan fingerprint density at radius 1 is 1.19 bits per heavy atom. The Bertz CT molecular complexity index is 1770. The fraction of sp³-hybridized carbons (Fsp3) is 0.545. The lowest BCUT2D eigenvalue weighted by atomic mass is 10.0. The van der Waals surface area contributed by atoms with Crippen molar-refractivity contribution in [3.63, 3.8) is 0 Å². The Labute approximate surface area is 286 Å². The van der Waals surface area contributed by atoms with Crippen molar-refractivity contribution < 1.29 is 28.2 Å². The second-order valence-electron chi connectivity index (χ2n) is 14.8. The molecule has 5 heterocycles. The van der Waals surface area contributed by atoms with Gasteiger partial charge in [-0.2, -0.15) is 5.10 Å². The molecule has 260 valence electrons. The van der Waals surface area contributed by atoms with E-state index < -0.39 is 44.1 Å². The quantitative estimate of drug-likeness (QED) is 0.198. The molecule has 1 fully saturated rings. The predicted octanol–water partition coefficient (Wildman–Crippen LogP) is 6.77. The van der Waals surface area contributed by atoms with Gasteiger partial charge in [-0.15, -0.1) is 5.10 Å². The van der Waals surface area contributed by atoms with E-state index in [1.807, 2.05) is 33.8 Å². The van der Waals surface area contributed by atoms with Gasteiger partial charge in [0.1, 0.15) is 28.4 Å². The molecule has 4 aromatic rings. The van der Waals surface area contributed by atoms with Crippen molar-refractivity contribution in [1.82, 2.24) is 34.5 Å². The van der Waals surface area contributed by atoms with Crippen LogP contribution >= 0.6 is 11.6 Å². The van der Waals surface area contributed by atoms with Crippen LogP contribution in [0.1, 0.15) is 71.5 Å². The van der Waals surface area contributed by atoms with E-state index in [9.17, 15) is 14.3 Å². The molecular weight excluding hydrogens is 657 g/mol. The van der Waals surface area contributed by atoms with Crippen LogP contribution in [0.25, 0.3) is 16.8 Å². The standard InChI is InChI=1S/C33H45ClFN7O5Si/c1-20-29(38-39-42(20)25-12-13-40(18-26(25)43)31(44)47-32(2,3)4)21-14-27(30-23(34)16-37-41(30)17-21)46-28(24-11-10-22(35)15-36-24)19-45-48(8,9)33(5,6)7/h10-11,14-17,25-26,28,43H,12-13,18-19H2,1-9H3/t25-,26+,28?/m1/s1. The molecular formula is C33H45ClFN7O5Si. The SMILES string of the molecule is Cc1c(-c2cc(OC(CO[Si](C)(C)C(C)(C)C)c3ccc(F)cn3)c3c(Cl)cnn3c2)nnn1[C@@H]1CCN(C(=O)OC(C)(C)C)C[C@@H]1O. The van der Waals surface area contributed by atoms with Crippen LogP contribution in [0.2, 0.25) is 23.2 Å². The molecule has 5 rings (SSSR count). The number of fused-ring (bicyclic) bond motifs is 1. The number of aromatic nitrogens is 6. The minimum Gasteiger partial charge on any atom is -0.479 e. The summed E-state index contributed by atoms with van der Waals surface area (Å²) in [4.78, 5) is 18.4. The summed E-state index contributed by atoms with van der Waals surface area (Å²) in [6.07, 6.45) is 2.91. The Morgan fingerprint density at radius 2 is 1.92 bits per heavy atom. The molecule has 0 spiro atoms. The predicted molar refractivity (Wildman–Crippen MR) is 182 cm³/mol. The van der Waals surface area contributed by atoms with Crippen LogP contribution in [-0.2, 0) is 9.16 Å². The first kappa shape index (κ1) is 35.7. The Balaban J connectivity index is 1.45. The summed E-state index contributed by atoms with van der Waals surface area (Å²) in [6.45, 7) is 18.8. The first-order valence-electron chi connectivity index (χ1n) is 16.0. The van der Waals surface area contributed by atoms with Crippen molar-refractivity contribution in [1.29, 1.82) is 0 Å². The molecule has 1 aliphatic heterocycles. The number of likely N-dealkylation sites (tertiary alicyclic amines) is 1. The summed E-state index contributed by atoms with van der Waals surface area (Å²) in [7, 11) is -2.19. The lowest BCUT2D eigenvalue weighted by Gasteiger charge is -2.37. The minimum atomic E-state index is -2.19. The van der Waals surface area contributed by atoms with E-state index in [2.05, 4.69) is 54.3 Å². The number of aliphatic hydroxyl groups excluding tert-OH is 1. The second kappa shape index (κ2) is 13.4. The molecule has 4 aromatic heterocycles. The van der Waals surface area contributed by atoms with Gasteiger partial charge in [0.2, 0.25) is 0 Å². The molecule has 1 amide bonds. The second-order valence-corrected chi connectivity index (χ2v) is 20.0. The number of amides is 1. The van der Waals surface area contributed by atoms with E-state index in [1.54, 1.807) is 21.5 Å². The van der Waals surface area contributed by atoms with E-state index in [-0.39, 0.29) is 18.2 Å². The highest BCUT2D eigenvalue weighted by atomic mass is 35.5. The summed E-state index contributed by atoms with van der Waals surface area (Å²) in [5.74, 6) is -0.0464. The first-order valence-corrected chi connectivity index (χ1v) is 19.3. The number of rotatable bonds is 8. The van der Waals surface area contributed by atoms with Gasteiger partial charge in [0, 0.05) is 18.3 Å². The van der Waals surface area contributed by atoms with E-state index >= 15 is 0 Å². The third kappa shape index (κ3) is 7.66. The van der Waals surface area contributed by atoms with Crippen molar-refractivity contribution in [3.8, 4) is 17.0 Å². The summed E-state index contributed by atoms with van der Waals surface area (Å²) in [5, 5.41) is 24.8. The van der Waals surface area contributed by atoms with Crippen LogP contribution in [0.15, 0.2) is 36.8 Å². The molecule has 1 aliphatic rings. The molecule has 48 heavy (non-hydrogen) atoms. The van der Waals surface area contributed by atoms with Crippen molar-refractivity contribution >= 4 is 31.5 Å². The molecule has 3 atom stereocenters. The summed E-state index contributed by atoms with van der Waals surface area (Å²) in [5.41, 5.74) is 2.33. The number of carbonyl (C=O) groups excluding carboxylic acids is 1. The lowest BCUT2D eigenvalue weighted by Crippen LogP contribution is -2.49. The zero-order valence-corrected chi connectivity index (χ0v) is 30.7. The number of pyridine rings is 2. The van der Waals surface area contributed by atoms with Gasteiger partial charge in [0.05, 0.1) is 54.1 Å². The van der Waals surface area contributed by atoms with Gasteiger partial charge < -0.3 is 23.9 Å². The van der Waals surface area contributed by atoms with E-state index in [1.165, 1.54) is 17.2 Å². The third-order valence-electron chi connectivity index (χ3n) is 9.00. The average molecular weight is 702 g/mol. The monoisotopic (exact) mass is 701 g/mol. The van der Waals surface area contributed by atoms with Crippen LogP contribution < -0.4 is 4.74 Å². The summed E-state index contributed by atoms with van der Waals surface area (Å²) in [6, 6.07) is 4.35. The van der Waals surface area contributed by atoms with E-state index in [4.69, 9.17) is 25.5 Å². The van der Waals surface area contributed by atoms with Gasteiger partial charge in [-0.3, -0.25) is 4.98 Å². The number of piperidine rings is 1. The fourth-order valence-electron chi connectivity index (χ4n) is 5.30. The number of carbonyl (C=O) groups is 1. The molecule has 0 aromatic carbocycles. The van der Waals surface area contributed by atoms with Crippen molar-refractivity contribution in [2.75, 3.05) is 19.7 Å².